The summed E-state index contributed by atoms with van der Waals surface area (Å²) in [6.07, 6.45) is 0.736. The van der Waals surface area contributed by atoms with Crippen LogP contribution in [0, 0.1) is 6.92 Å². The molecule has 1 aromatic heterocycles. The largest absolute Gasteiger partial charge is 0.497 e. The molecule has 0 fully saturated rings. The van der Waals surface area contributed by atoms with Crippen LogP contribution in [-0.2, 0) is 11.3 Å². The van der Waals surface area contributed by atoms with Gasteiger partial charge in [0.05, 0.1) is 19.9 Å². The molecular formula is C23H25N3O4. The molecule has 0 spiro atoms. The Hall–Kier alpha value is -3.61. The van der Waals surface area contributed by atoms with Gasteiger partial charge in [-0.25, -0.2) is 4.68 Å². The Labute approximate surface area is 175 Å². The average molecular weight is 407 g/mol. The van der Waals surface area contributed by atoms with Crippen LogP contribution in [0.3, 0.4) is 0 Å². The van der Waals surface area contributed by atoms with Crippen LogP contribution in [0.4, 0.5) is 5.69 Å². The highest BCUT2D eigenvalue weighted by Crippen LogP contribution is 2.25. The summed E-state index contributed by atoms with van der Waals surface area (Å²) in [6, 6.07) is 16.3. The predicted octanol–water partition coefficient (Wildman–Crippen LogP) is 3.65. The number of amides is 1. The zero-order valence-electron chi connectivity index (χ0n) is 17.3. The fourth-order valence-corrected chi connectivity index (χ4v) is 2.98. The molecule has 0 bridgehead atoms. The zero-order valence-corrected chi connectivity index (χ0v) is 17.3. The number of hydrogen-bond donors (Lipinski definition) is 1. The molecule has 7 nitrogen and oxygen atoms in total. The second kappa shape index (κ2) is 9.73. The number of anilines is 1. The normalized spacial score (nSPS) is 10.5. The Morgan fingerprint density at radius 1 is 1.00 bits per heavy atom. The van der Waals surface area contributed by atoms with E-state index in [0.717, 1.165) is 16.8 Å². The summed E-state index contributed by atoms with van der Waals surface area (Å²) < 4.78 is 11.8. The van der Waals surface area contributed by atoms with Crippen molar-refractivity contribution in [2.24, 2.45) is 0 Å². The summed E-state index contributed by atoms with van der Waals surface area (Å²) >= 11 is 0. The first-order chi connectivity index (χ1) is 14.5. The van der Waals surface area contributed by atoms with Gasteiger partial charge >= 0.3 is 0 Å². The number of hydrogen-bond acceptors (Lipinski definition) is 5. The number of aryl methyl sites for hydroxylation is 2. The molecule has 0 radical (unpaired) electrons. The highest BCUT2D eigenvalue weighted by molar-refractivity contribution is 5.91. The SMILES string of the molecule is COc1cc(NC(=O)CCCn2nc(-c3ccc(C)cc3)ccc2=O)cc(OC)c1. The van der Waals surface area contributed by atoms with E-state index in [1.54, 1.807) is 38.5 Å². The second-order valence-electron chi connectivity index (χ2n) is 6.90. The Bertz CT molecular complexity index is 1050. The van der Waals surface area contributed by atoms with Gasteiger partial charge in [-0.05, 0) is 19.4 Å². The highest BCUT2D eigenvalue weighted by Gasteiger charge is 2.08. The van der Waals surface area contributed by atoms with Crippen LogP contribution in [0.25, 0.3) is 11.3 Å². The van der Waals surface area contributed by atoms with Gasteiger partial charge in [0.15, 0.2) is 0 Å². The van der Waals surface area contributed by atoms with E-state index >= 15 is 0 Å². The number of carbonyl (C=O) groups is 1. The van der Waals surface area contributed by atoms with Gasteiger partial charge in [0, 0.05) is 48.5 Å². The lowest BCUT2D eigenvalue weighted by Gasteiger charge is -2.10. The summed E-state index contributed by atoms with van der Waals surface area (Å²) in [5.41, 5.74) is 3.23. The van der Waals surface area contributed by atoms with Crippen molar-refractivity contribution in [2.75, 3.05) is 19.5 Å². The van der Waals surface area contributed by atoms with Crippen molar-refractivity contribution >= 4 is 11.6 Å². The number of nitrogens with one attached hydrogen (secondary N) is 1. The third-order valence-corrected chi connectivity index (χ3v) is 4.62. The van der Waals surface area contributed by atoms with E-state index in [1.165, 1.54) is 10.7 Å². The molecule has 3 rings (SSSR count). The molecule has 7 heteroatoms. The van der Waals surface area contributed by atoms with Crippen LogP contribution in [0.1, 0.15) is 18.4 Å². The van der Waals surface area contributed by atoms with Crippen molar-refractivity contribution < 1.29 is 14.3 Å². The van der Waals surface area contributed by atoms with E-state index in [4.69, 9.17) is 9.47 Å². The first-order valence-electron chi connectivity index (χ1n) is 9.66. The number of nitrogens with zero attached hydrogens (tertiary/aromatic N) is 2. The molecule has 0 aliphatic rings. The van der Waals surface area contributed by atoms with Gasteiger partial charge in [-0.2, -0.15) is 5.10 Å². The molecule has 1 amide bonds. The third kappa shape index (κ3) is 5.47. The van der Waals surface area contributed by atoms with Crippen molar-refractivity contribution in [2.45, 2.75) is 26.3 Å². The van der Waals surface area contributed by atoms with E-state index < -0.39 is 0 Å². The number of carbonyl (C=O) groups excluding carboxylic acids is 1. The highest BCUT2D eigenvalue weighted by atomic mass is 16.5. The maximum atomic E-state index is 12.3. The van der Waals surface area contributed by atoms with E-state index in [9.17, 15) is 9.59 Å². The molecule has 0 saturated heterocycles. The molecule has 156 valence electrons. The van der Waals surface area contributed by atoms with E-state index in [2.05, 4.69) is 10.4 Å². The lowest BCUT2D eigenvalue weighted by atomic mass is 10.1. The summed E-state index contributed by atoms with van der Waals surface area (Å²) in [5.74, 6) is 1.02. The standard InChI is InChI=1S/C23H25N3O4/c1-16-6-8-17(9-7-16)21-10-11-23(28)26(25-21)12-4-5-22(27)24-18-13-19(29-2)15-20(14-18)30-3/h6-11,13-15H,4-5,12H2,1-3H3,(H,24,27). The molecular weight excluding hydrogens is 382 g/mol. The second-order valence-corrected chi connectivity index (χ2v) is 6.90. The van der Waals surface area contributed by atoms with Gasteiger partial charge in [-0.15, -0.1) is 0 Å². The molecule has 1 N–H and O–H groups in total. The third-order valence-electron chi connectivity index (χ3n) is 4.62. The number of rotatable bonds is 8. The first-order valence-corrected chi connectivity index (χ1v) is 9.66. The lowest BCUT2D eigenvalue weighted by Crippen LogP contribution is -2.23. The summed E-state index contributed by atoms with van der Waals surface area (Å²) in [7, 11) is 3.10. The van der Waals surface area contributed by atoms with Gasteiger partial charge in [0.1, 0.15) is 11.5 Å². The lowest BCUT2D eigenvalue weighted by molar-refractivity contribution is -0.116. The van der Waals surface area contributed by atoms with Crippen molar-refractivity contribution in [3.8, 4) is 22.8 Å². The van der Waals surface area contributed by atoms with Crippen LogP contribution in [0.2, 0.25) is 0 Å². The number of benzene rings is 2. The molecule has 0 atom stereocenters. The Balaban J connectivity index is 1.61. The van der Waals surface area contributed by atoms with Gasteiger partial charge in [-0.1, -0.05) is 29.8 Å². The molecule has 0 aliphatic carbocycles. The van der Waals surface area contributed by atoms with Crippen LogP contribution in [0.5, 0.6) is 11.5 Å². The zero-order chi connectivity index (χ0) is 21.5. The number of aromatic nitrogens is 2. The van der Waals surface area contributed by atoms with Crippen LogP contribution >= 0.6 is 0 Å². The topological polar surface area (TPSA) is 82.5 Å². The van der Waals surface area contributed by atoms with Crippen molar-refractivity contribution in [3.63, 3.8) is 0 Å². The quantitative estimate of drug-likeness (QED) is 0.616. The minimum Gasteiger partial charge on any atom is -0.497 e. The molecule has 1 heterocycles. The number of ether oxygens (including phenoxy) is 2. The average Bonchev–Trinajstić information content (AvgIpc) is 2.75. The molecule has 0 unspecified atom stereocenters. The van der Waals surface area contributed by atoms with Crippen LogP contribution in [0.15, 0.2) is 59.4 Å². The monoisotopic (exact) mass is 407 g/mol. The van der Waals surface area contributed by atoms with Crippen LogP contribution in [-0.4, -0.2) is 29.9 Å². The minimum atomic E-state index is -0.191. The van der Waals surface area contributed by atoms with Gasteiger partial charge < -0.3 is 14.8 Å². The summed E-state index contributed by atoms with van der Waals surface area (Å²) in [6.45, 7) is 2.37. The van der Waals surface area contributed by atoms with Gasteiger partial charge in [0.2, 0.25) is 5.91 Å². The van der Waals surface area contributed by atoms with E-state index in [-0.39, 0.29) is 17.9 Å². The maximum Gasteiger partial charge on any atom is 0.266 e. The van der Waals surface area contributed by atoms with Crippen molar-refractivity contribution in [1.82, 2.24) is 9.78 Å². The fourth-order valence-electron chi connectivity index (χ4n) is 2.98. The summed E-state index contributed by atoms with van der Waals surface area (Å²) in [4.78, 5) is 24.4. The first kappa shape index (κ1) is 21.1. The fraction of sp³-hybridized carbons (Fsp3) is 0.261. The minimum absolute atomic E-state index is 0.159. The number of methoxy groups -OCH3 is 2. The Morgan fingerprint density at radius 3 is 2.30 bits per heavy atom. The molecule has 0 saturated carbocycles. The predicted molar refractivity (Wildman–Crippen MR) is 116 cm³/mol. The molecule has 3 aromatic rings. The van der Waals surface area contributed by atoms with Crippen molar-refractivity contribution in [3.05, 3.63) is 70.5 Å². The molecule has 2 aromatic carbocycles. The molecule has 30 heavy (non-hydrogen) atoms. The molecule has 0 aliphatic heterocycles. The Morgan fingerprint density at radius 2 is 1.67 bits per heavy atom. The smallest absolute Gasteiger partial charge is 0.266 e. The van der Waals surface area contributed by atoms with Crippen molar-refractivity contribution in [1.29, 1.82) is 0 Å². The van der Waals surface area contributed by atoms with Gasteiger partial charge in [0.25, 0.3) is 5.56 Å². The van der Waals surface area contributed by atoms with Crippen LogP contribution < -0.4 is 20.3 Å². The van der Waals surface area contributed by atoms with E-state index in [0.29, 0.717) is 30.2 Å². The summed E-state index contributed by atoms with van der Waals surface area (Å²) in [5, 5.41) is 7.27. The van der Waals surface area contributed by atoms with Gasteiger partial charge in [-0.3, -0.25) is 9.59 Å². The maximum absolute atomic E-state index is 12.3. The van der Waals surface area contributed by atoms with E-state index in [1.807, 2.05) is 31.2 Å². The Kier molecular flexibility index (Phi) is 6.85.